The smallest absolute Gasteiger partial charge is 0.231 e. The predicted octanol–water partition coefficient (Wildman–Crippen LogP) is 2.55. The molecule has 4 heteroatoms. The molecule has 0 saturated carbocycles. The zero-order valence-corrected chi connectivity index (χ0v) is 10.1. The number of hydrogen-bond acceptors (Lipinski definition) is 4. The van der Waals surface area contributed by atoms with Crippen LogP contribution in [0.5, 0.6) is 17.2 Å². The summed E-state index contributed by atoms with van der Waals surface area (Å²) in [5.41, 5.74) is 1.16. The number of rotatable bonds is 3. The molecule has 19 heavy (non-hydrogen) atoms. The number of fused-ring (bicyclic) bond motifs is 1. The van der Waals surface area contributed by atoms with Gasteiger partial charge in [0.1, 0.15) is 5.75 Å². The molecule has 0 atom stereocenters. The number of aromatic hydroxyl groups is 1. The third-order valence-electron chi connectivity index (χ3n) is 3.01. The van der Waals surface area contributed by atoms with E-state index in [0.717, 1.165) is 5.56 Å². The van der Waals surface area contributed by atoms with Crippen LogP contribution in [0.1, 0.15) is 15.9 Å². The lowest BCUT2D eigenvalue weighted by atomic mass is 10.0. The van der Waals surface area contributed by atoms with Crippen LogP contribution in [-0.2, 0) is 6.42 Å². The topological polar surface area (TPSA) is 55.8 Å². The van der Waals surface area contributed by atoms with Crippen molar-refractivity contribution in [3.8, 4) is 17.2 Å². The Bertz CT molecular complexity index is 634. The Morgan fingerprint density at radius 2 is 1.89 bits per heavy atom. The standard InChI is InChI=1S/C15H12O4/c16-12-4-2-1-3-11(12)13(17)7-10-5-6-14-15(8-10)19-9-18-14/h1-6,8,16H,7,9H2. The highest BCUT2D eigenvalue weighted by atomic mass is 16.7. The van der Waals surface area contributed by atoms with Gasteiger partial charge in [0.2, 0.25) is 6.79 Å². The van der Waals surface area contributed by atoms with Crippen molar-refractivity contribution in [2.24, 2.45) is 0 Å². The number of phenolic OH excluding ortho intramolecular Hbond substituents is 1. The molecule has 4 nitrogen and oxygen atoms in total. The van der Waals surface area contributed by atoms with Gasteiger partial charge in [0, 0.05) is 6.42 Å². The Balaban J connectivity index is 1.82. The summed E-state index contributed by atoms with van der Waals surface area (Å²) < 4.78 is 10.5. The minimum Gasteiger partial charge on any atom is -0.507 e. The maximum atomic E-state index is 12.1. The highest BCUT2D eigenvalue weighted by Crippen LogP contribution is 2.33. The number of benzene rings is 2. The quantitative estimate of drug-likeness (QED) is 0.857. The van der Waals surface area contributed by atoms with Gasteiger partial charge in [-0.25, -0.2) is 0 Å². The fourth-order valence-corrected chi connectivity index (χ4v) is 2.04. The number of ether oxygens (including phenoxy) is 2. The molecule has 2 aromatic carbocycles. The fraction of sp³-hybridized carbons (Fsp3) is 0.133. The second-order valence-corrected chi connectivity index (χ2v) is 4.30. The lowest BCUT2D eigenvalue weighted by Crippen LogP contribution is -2.03. The van der Waals surface area contributed by atoms with Crippen LogP contribution in [0.2, 0.25) is 0 Å². The fourth-order valence-electron chi connectivity index (χ4n) is 2.04. The van der Waals surface area contributed by atoms with Crippen LogP contribution in [0.3, 0.4) is 0 Å². The highest BCUT2D eigenvalue weighted by molar-refractivity contribution is 5.99. The number of carbonyl (C=O) groups is 1. The molecule has 3 rings (SSSR count). The Kier molecular flexibility index (Phi) is 2.83. The lowest BCUT2D eigenvalue weighted by molar-refractivity contribution is 0.0990. The van der Waals surface area contributed by atoms with Gasteiger partial charge in [0.25, 0.3) is 0 Å². The number of ketones is 1. The summed E-state index contributed by atoms with van der Waals surface area (Å²) in [6.45, 7) is 0.214. The van der Waals surface area contributed by atoms with Crippen LogP contribution >= 0.6 is 0 Å². The second kappa shape index (κ2) is 4.65. The largest absolute Gasteiger partial charge is 0.507 e. The van der Waals surface area contributed by atoms with Crippen LogP contribution in [0.15, 0.2) is 42.5 Å². The predicted molar refractivity (Wildman–Crippen MR) is 68.7 cm³/mol. The Hall–Kier alpha value is -2.49. The van der Waals surface area contributed by atoms with E-state index in [4.69, 9.17) is 9.47 Å². The van der Waals surface area contributed by atoms with E-state index in [-0.39, 0.29) is 24.7 Å². The monoisotopic (exact) mass is 256 g/mol. The molecule has 0 aliphatic carbocycles. The Morgan fingerprint density at radius 3 is 2.74 bits per heavy atom. The van der Waals surface area contributed by atoms with Crippen molar-refractivity contribution in [2.75, 3.05) is 6.79 Å². The summed E-state index contributed by atoms with van der Waals surface area (Å²) in [5.74, 6) is 1.23. The molecule has 0 bridgehead atoms. The van der Waals surface area contributed by atoms with E-state index in [2.05, 4.69) is 0 Å². The van der Waals surface area contributed by atoms with Gasteiger partial charge in [-0.05, 0) is 29.8 Å². The van der Waals surface area contributed by atoms with Gasteiger partial charge in [0.05, 0.1) is 5.56 Å². The van der Waals surface area contributed by atoms with Crippen molar-refractivity contribution >= 4 is 5.78 Å². The first-order chi connectivity index (χ1) is 9.24. The number of para-hydroxylation sites is 1. The number of Topliss-reactive ketones (excluding diaryl/α,β-unsaturated/α-hetero) is 1. The summed E-state index contributed by atoms with van der Waals surface area (Å²) in [5, 5.41) is 9.65. The zero-order chi connectivity index (χ0) is 13.2. The minimum absolute atomic E-state index is 0.00763. The van der Waals surface area contributed by atoms with Crippen molar-refractivity contribution in [3.63, 3.8) is 0 Å². The molecule has 0 amide bonds. The second-order valence-electron chi connectivity index (χ2n) is 4.30. The van der Waals surface area contributed by atoms with E-state index in [9.17, 15) is 9.90 Å². The van der Waals surface area contributed by atoms with E-state index >= 15 is 0 Å². The van der Waals surface area contributed by atoms with Crippen molar-refractivity contribution in [2.45, 2.75) is 6.42 Å². The minimum atomic E-state index is -0.128. The lowest BCUT2D eigenvalue weighted by Gasteiger charge is -2.04. The van der Waals surface area contributed by atoms with E-state index < -0.39 is 0 Å². The number of carbonyl (C=O) groups excluding carboxylic acids is 1. The summed E-state index contributed by atoms with van der Waals surface area (Å²) in [6, 6.07) is 11.9. The van der Waals surface area contributed by atoms with Gasteiger partial charge in [0.15, 0.2) is 17.3 Å². The van der Waals surface area contributed by atoms with Gasteiger partial charge in [-0.1, -0.05) is 18.2 Å². The average molecular weight is 256 g/mol. The SMILES string of the molecule is O=C(Cc1ccc2c(c1)OCO2)c1ccccc1O. The summed E-state index contributed by atoms with van der Waals surface area (Å²) >= 11 is 0. The van der Waals surface area contributed by atoms with Gasteiger partial charge in [-0.3, -0.25) is 4.79 Å². The van der Waals surface area contributed by atoms with Crippen LogP contribution in [0, 0.1) is 0 Å². The molecule has 1 aliphatic heterocycles. The molecule has 2 aromatic rings. The van der Waals surface area contributed by atoms with E-state index in [1.807, 2.05) is 6.07 Å². The maximum Gasteiger partial charge on any atom is 0.231 e. The molecule has 1 aliphatic rings. The van der Waals surface area contributed by atoms with Gasteiger partial charge in [-0.2, -0.15) is 0 Å². The first-order valence-corrected chi connectivity index (χ1v) is 5.94. The first kappa shape index (κ1) is 11.6. The summed E-state index contributed by atoms with van der Waals surface area (Å²) in [7, 11) is 0. The van der Waals surface area contributed by atoms with Crippen LogP contribution in [0.4, 0.5) is 0 Å². The molecular formula is C15H12O4. The van der Waals surface area contributed by atoms with E-state index in [1.54, 1.807) is 30.3 Å². The Morgan fingerprint density at radius 1 is 1.11 bits per heavy atom. The van der Waals surface area contributed by atoms with Crippen LogP contribution < -0.4 is 9.47 Å². The van der Waals surface area contributed by atoms with Gasteiger partial charge >= 0.3 is 0 Å². The van der Waals surface area contributed by atoms with E-state index in [1.165, 1.54) is 6.07 Å². The molecule has 0 fully saturated rings. The third-order valence-corrected chi connectivity index (χ3v) is 3.01. The molecule has 0 saturated heterocycles. The molecule has 1 heterocycles. The van der Waals surface area contributed by atoms with Crippen molar-refractivity contribution < 1.29 is 19.4 Å². The highest BCUT2D eigenvalue weighted by Gasteiger charge is 2.16. The first-order valence-electron chi connectivity index (χ1n) is 5.94. The van der Waals surface area contributed by atoms with Crippen molar-refractivity contribution in [1.82, 2.24) is 0 Å². The van der Waals surface area contributed by atoms with Gasteiger partial charge in [-0.15, -0.1) is 0 Å². The molecular weight excluding hydrogens is 244 g/mol. The normalized spacial score (nSPS) is 12.4. The summed E-state index contributed by atoms with van der Waals surface area (Å²) in [4.78, 5) is 12.1. The van der Waals surface area contributed by atoms with Gasteiger partial charge < -0.3 is 14.6 Å². The van der Waals surface area contributed by atoms with Crippen LogP contribution in [-0.4, -0.2) is 17.7 Å². The molecule has 96 valence electrons. The third kappa shape index (κ3) is 2.25. The zero-order valence-electron chi connectivity index (χ0n) is 10.1. The summed E-state index contributed by atoms with van der Waals surface area (Å²) in [6.07, 6.45) is 0.216. The molecule has 1 N–H and O–H groups in total. The number of phenols is 1. The van der Waals surface area contributed by atoms with Crippen LogP contribution in [0.25, 0.3) is 0 Å². The molecule has 0 aromatic heterocycles. The molecule has 0 unspecified atom stereocenters. The maximum absolute atomic E-state index is 12.1. The molecule has 0 spiro atoms. The van der Waals surface area contributed by atoms with Crippen molar-refractivity contribution in [3.05, 3.63) is 53.6 Å². The average Bonchev–Trinajstić information content (AvgIpc) is 2.86. The number of hydrogen-bond donors (Lipinski definition) is 1. The Labute approximate surface area is 110 Å². The molecule has 0 radical (unpaired) electrons. The van der Waals surface area contributed by atoms with E-state index in [0.29, 0.717) is 17.1 Å². The van der Waals surface area contributed by atoms with Crippen molar-refractivity contribution in [1.29, 1.82) is 0 Å².